The predicted molar refractivity (Wildman–Crippen MR) is 82.9 cm³/mol. The number of nitrogens with one attached hydrogen (secondary N) is 1. The zero-order chi connectivity index (χ0) is 13.9. The van der Waals surface area contributed by atoms with E-state index in [4.69, 9.17) is 18.0 Å². The van der Waals surface area contributed by atoms with Gasteiger partial charge in [-0.3, -0.25) is 4.98 Å². The predicted octanol–water partition coefficient (Wildman–Crippen LogP) is 2.40. The van der Waals surface area contributed by atoms with Crippen molar-refractivity contribution in [1.29, 1.82) is 0 Å². The fourth-order valence-corrected chi connectivity index (χ4v) is 1.97. The topological polar surface area (TPSA) is 76.7 Å². The number of fused-ring (bicyclic) bond motifs is 1. The molecule has 5 nitrogen and oxygen atoms in total. The van der Waals surface area contributed by atoms with Crippen molar-refractivity contribution in [1.82, 2.24) is 15.0 Å². The summed E-state index contributed by atoms with van der Waals surface area (Å²) < 4.78 is 0. The number of nitrogens with two attached hydrogens (primary N) is 1. The van der Waals surface area contributed by atoms with Crippen LogP contribution in [0.15, 0.2) is 48.9 Å². The number of anilines is 2. The Hall–Kier alpha value is -2.60. The maximum absolute atomic E-state index is 5.49. The molecule has 0 amide bonds. The van der Waals surface area contributed by atoms with Crippen molar-refractivity contribution in [3.05, 3.63) is 54.6 Å². The smallest absolute Gasteiger partial charge is 0.148 e. The second kappa shape index (κ2) is 5.18. The first-order valence-electron chi connectivity index (χ1n) is 5.96. The van der Waals surface area contributed by atoms with E-state index in [1.807, 2.05) is 30.3 Å². The number of nitrogens with zero attached hydrogens (tertiary/aromatic N) is 3. The summed E-state index contributed by atoms with van der Waals surface area (Å²) in [6.07, 6.45) is 4.90. The molecule has 2 heterocycles. The number of aromatic nitrogens is 3. The molecule has 0 saturated heterocycles. The van der Waals surface area contributed by atoms with E-state index in [0.717, 1.165) is 16.6 Å². The molecule has 0 aliphatic rings. The molecule has 3 N–H and O–H groups in total. The first-order chi connectivity index (χ1) is 9.74. The normalized spacial score (nSPS) is 10.4. The lowest BCUT2D eigenvalue weighted by molar-refractivity contribution is 1.18. The van der Waals surface area contributed by atoms with Crippen LogP contribution in [0.3, 0.4) is 0 Å². The quantitative estimate of drug-likeness (QED) is 0.718. The van der Waals surface area contributed by atoms with Crippen molar-refractivity contribution >= 4 is 39.6 Å². The summed E-state index contributed by atoms with van der Waals surface area (Å²) in [6.45, 7) is 0. The second-order valence-electron chi connectivity index (χ2n) is 4.16. The number of thiocarbonyl (C=S) groups is 1. The van der Waals surface area contributed by atoms with Crippen LogP contribution in [0.5, 0.6) is 0 Å². The molecular weight excluding hydrogens is 270 g/mol. The highest BCUT2D eigenvalue weighted by atomic mass is 32.1. The highest BCUT2D eigenvalue weighted by Crippen LogP contribution is 2.23. The van der Waals surface area contributed by atoms with Crippen LogP contribution < -0.4 is 11.1 Å². The summed E-state index contributed by atoms with van der Waals surface area (Å²) in [7, 11) is 0. The van der Waals surface area contributed by atoms with Gasteiger partial charge in [0.25, 0.3) is 0 Å². The van der Waals surface area contributed by atoms with Gasteiger partial charge in [-0.15, -0.1) is 0 Å². The van der Waals surface area contributed by atoms with Gasteiger partial charge in [0.15, 0.2) is 0 Å². The minimum Gasteiger partial charge on any atom is -0.388 e. The van der Waals surface area contributed by atoms with Crippen LogP contribution in [-0.4, -0.2) is 19.9 Å². The van der Waals surface area contributed by atoms with E-state index in [1.165, 1.54) is 0 Å². The van der Waals surface area contributed by atoms with Gasteiger partial charge in [0.2, 0.25) is 0 Å². The van der Waals surface area contributed by atoms with Crippen molar-refractivity contribution in [2.45, 2.75) is 0 Å². The summed E-state index contributed by atoms with van der Waals surface area (Å²) in [5.41, 5.74) is 7.75. The molecule has 0 aliphatic heterocycles. The number of pyridine rings is 1. The SMILES string of the molecule is NC(=S)c1cnc(Nc2cccc3cccnc23)cn1. The molecule has 1 aromatic carbocycles. The Balaban J connectivity index is 1.95. The number of para-hydroxylation sites is 1. The molecule has 0 atom stereocenters. The standard InChI is InChI=1S/C14H11N5S/c15-14(20)11-7-18-12(8-17-11)19-10-5-1-3-9-4-2-6-16-13(9)10/h1-8H,(H2,15,20)(H,18,19). The maximum atomic E-state index is 5.49. The molecule has 98 valence electrons. The fraction of sp³-hybridized carbons (Fsp3) is 0. The Kier molecular flexibility index (Phi) is 3.22. The molecule has 0 aliphatic carbocycles. The highest BCUT2D eigenvalue weighted by Gasteiger charge is 2.04. The van der Waals surface area contributed by atoms with E-state index in [-0.39, 0.29) is 4.99 Å². The van der Waals surface area contributed by atoms with Gasteiger partial charge in [0.1, 0.15) is 16.5 Å². The van der Waals surface area contributed by atoms with Crippen LogP contribution in [0.1, 0.15) is 5.69 Å². The van der Waals surface area contributed by atoms with Crippen molar-refractivity contribution in [3.8, 4) is 0 Å². The third kappa shape index (κ3) is 2.41. The summed E-state index contributed by atoms with van der Waals surface area (Å²) >= 11 is 4.84. The van der Waals surface area contributed by atoms with Gasteiger partial charge in [-0.05, 0) is 12.1 Å². The second-order valence-corrected chi connectivity index (χ2v) is 4.60. The largest absolute Gasteiger partial charge is 0.388 e. The van der Waals surface area contributed by atoms with E-state index in [0.29, 0.717) is 11.5 Å². The number of rotatable bonds is 3. The van der Waals surface area contributed by atoms with Gasteiger partial charge in [-0.1, -0.05) is 30.4 Å². The Morgan fingerprint density at radius 1 is 1.05 bits per heavy atom. The summed E-state index contributed by atoms with van der Waals surface area (Å²) in [4.78, 5) is 13.0. The minimum atomic E-state index is 0.232. The van der Waals surface area contributed by atoms with Gasteiger partial charge in [0.05, 0.1) is 23.6 Å². The van der Waals surface area contributed by atoms with Crippen molar-refractivity contribution in [2.24, 2.45) is 5.73 Å². The molecule has 2 aromatic heterocycles. The van der Waals surface area contributed by atoms with E-state index >= 15 is 0 Å². The third-order valence-electron chi connectivity index (χ3n) is 2.80. The first kappa shape index (κ1) is 12.4. The molecule has 6 heteroatoms. The zero-order valence-electron chi connectivity index (χ0n) is 10.4. The van der Waals surface area contributed by atoms with Gasteiger partial charge < -0.3 is 11.1 Å². The highest BCUT2D eigenvalue weighted by molar-refractivity contribution is 7.80. The van der Waals surface area contributed by atoms with Crippen LogP contribution in [0, 0.1) is 0 Å². The molecule has 0 spiro atoms. The van der Waals surface area contributed by atoms with Gasteiger partial charge in [0, 0.05) is 11.6 Å². The summed E-state index contributed by atoms with van der Waals surface area (Å²) in [5, 5.41) is 4.25. The van der Waals surface area contributed by atoms with Crippen LogP contribution in [0.2, 0.25) is 0 Å². The fourth-order valence-electron chi connectivity index (χ4n) is 1.86. The van der Waals surface area contributed by atoms with Gasteiger partial charge in [-0.25, -0.2) is 9.97 Å². The zero-order valence-corrected chi connectivity index (χ0v) is 11.3. The average molecular weight is 281 g/mol. The van der Waals surface area contributed by atoms with Crippen LogP contribution in [-0.2, 0) is 0 Å². The average Bonchev–Trinajstić information content (AvgIpc) is 2.48. The molecule has 3 aromatic rings. The van der Waals surface area contributed by atoms with Crippen LogP contribution >= 0.6 is 12.2 Å². The number of hydrogen-bond donors (Lipinski definition) is 2. The molecule has 0 saturated carbocycles. The minimum absolute atomic E-state index is 0.232. The first-order valence-corrected chi connectivity index (χ1v) is 6.37. The van der Waals surface area contributed by atoms with Crippen LogP contribution in [0.4, 0.5) is 11.5 Å². The maximum Gasteiger partial charge on any atom is 0.148 e. The van der Waals surface area contributed by atoms with Crippen molar-refractivity contribution in [3.63, 3.8) is 0 Å². The lowest BCUT2D eigenvalue weighted by Crippen LogP contribution is -2.12. The Labute approximate surface area is 120 Å². The molecule has 20 heavy (non-hydrogen) atoms. The molecular formula is C14H11N5S. The van der Waals surface area contributed by atoms with Crippen LogP contribution in [0.25, 0.3) is 10.9 Å². The summed E-state index contributed by atoms with van der Waals surface area (Å²) in [5.74, 6) is 0.614. The Morgan fingerprint density at radius 3 is 2.65 bits per heavy atom. The Morgan fingerprint density at radius 2 is 1.90 bits per heavy atom. The summed E-state index contributed by atoms with van der Waals surface area (Å²) in [6, 6.07) is 9.83. The van der Waals surface area contributed by atoms with Gasteiger partial charge in [-0.2, -0.15) is 0 Å². The lowest BCUT2D eigenvalue weighted by Gasteiger charge is -2.08. The van der Waals surface area contributed by atoms with Crippen molar-refractivity contribution < 1.29 is 0 Å². The van der Waals surface area contributed by atoms with E-state index in [1.54, 1.807) is 18.6 Å². The lowest BCUT2D eigenvalue weighted by atomic mass is 10.2. The Bertz CT molecular complexity index is 765. The third-order valence-corrected chi connectivity index (χ3v) is 3.01. The van der Waals surface area contributed by atoms with Crippen molar-refractivity contribution in [2.75, 3.05) is 5.32 Å². The molecule has 0 bridgehead atoms. The molecule has 0 fully saturated rings. The number of benzene rings is 1. The monoisotopic (exact) mass is 281 g/mol. The van der Waals surface area contributed by atoms with E-state index in [2.05, 4.69) is 20.3 Å². The van der Waals surface area contributed by atoms with E-state index < -0.39 is 0 Å². The number of hydrogen-bond acceptors (Lipinski definition) is 5. The van der Waals surface area contributed by atoms with E-state index in [9.17, 15) is 0 Å². The molecule has 0 unspecified atom stereocenters. The van der Waals surface area contributed by atoms with Gasteiger partial charge >= 0.3 is 0 Å². The molecule has 3 rings (SSSR count). The molecule has 0 radical (unpaired) electrons.